The molecule has 2 amide bonds. The van der Waals surface area contributed by atoms with Crippen molar-refractivity contribution >= 4 is 11.8 Å². The number of hydrogen-bond acceptors (Lipinski definition) is 5. The van der Waals surface area contributed by atoms with Gasteiger partial charge in [0, 0.05) is 39.1 Å². The minimum absolute atomic E-state index is 0.00452. The molecule has 7 heteroatoms. The summed E-state index contributed by atoms with van der Waals surface area (Å²) in [5, 5.41) is 0. The van der Waals surface area contributed by atoms with Crippen LogP contribution in [0.4, 0.5) is 0 Å². The molecule has 1 aromatic carbocycles. The zero-order chi connectivity index (χ0) is 22.1. The first kappa shape index (κ1) is 23.0. The Kier molecular flexibility index (Phi) is 8.67. The topological polar surface area (TPSA) is 66.2 Å². The van der Waals surface area contributed by atoms with Crippen molar-refractivity contribution in [3.05, 3.63) is 59.5 Å². The zero-order valence-corrected chi connectivity index (χ0v) is 18.6. The lowest BCUT2D eigenvalue weighted by molar-refractivity contribution is -0.141. The predicted molar refractivity (Wildman–Crippen MR) is 118 cm³/mol. The molecule has 0 unspecified atom stereocenters. The molecule has 0 N–H and O–H groups in total. The fraction of sp³-hybridized carbons (Fsp3) is 0.500. The molecular weight excluding hydrogens is 394 g/mol. The van der Waals surface area contributed by atoms with Crippen molar-refractivity contribution in [3.8, 4) is 0 Å². The molecular formula is C24H33N3O4. The number of ether oxygens (including phenoxy) is 1. The molecule has 31 heavy (non-hydrogen) atoms. The molecule has 1 aromatic heterocycles. The molecule has 1 aliphatic rings. The van der Waals surface area contributed by atoms with Crippen LogP contribution in [0, 0.1) is 6.92 Å². The Balaban J connectivity index is 1.67. The second kappa shape index (κ2) is 11.7. The van der Waals surface area contributed by atoms with E-state index in [1.807, 2.05) is 56.3 Å². The average Bonchev–Trinajstić information content (AvgIpc) is 3.21. The standard InChI is InChI=1S/C24H33N3O4/c1-3-23(28)26(12-11-25-13-15-30-16-14-25)19-24(29)27(17-21-7-5-4-6-8-21)18-22-10-9-20(2)31-22/h4-10H,3,11-19H2,1-2H3. The molecule has 0 saturated carbocycles. The average molecular weight is 428 g/mol. The van der Waals surface area contributed by atoms with Crippen molar-refractivity contribution in [2.75, 3.05) is 45.9 Å². The van der Waals surface area contributed by atoms with Crippen molar-refractivity contribution in [2.24, 2.45) is 0 Å². The Labute approximate surface area is 184 Å². The number of amides is 2. The highest BCUT2D eigenvalue weighted by molar-refractivity contribution is 5.84. The van der Waals surface area contributed by atoms with E-state index in [-0.39, 0.29) is 18.4 Å². The monoisotopic (exact) mass is 427 g/mol. The minimum Gasteiger partial charge on any atom is -0.464 e. The first-order valence-electron chi connectivity index (χ1n) is 11.0. The van der Waals surface area contributed by atoms with E-state index in [0.717, 1.165) is 36.7 Å². The molecule has 1 fully saturated rings. The van der Waals surface area contributed by atoms with Crippen LogP contribution in [0.25, 0.3) is 0 Å². The van der Waals surface area contributed by atoms with E-state index in [9.17, 15) is 9.59 Å². The van der Waals surface area contributed by atoms with Crippen molar-refractivity contribution in [1.29, 1.82) is 0 Å². The number of aryl methyl sites for hydroxylation is 1. The number of carbonyl (C=O) groups is 2. The SMILES string of the molecule is CCC(=O)N(CCN1CCOCC1)CC(=O)N(Cc1ccccc1)Cc1ccc(C)o1. The summed E-state index contributed by atoms with van der Waals surface area (Å²) in [6.45, 7) is 9.08. The number of nitrogens with zero attached hydrogens (tertiary/aromatic N) is 3. The van der Waals surface area contributed by atoms with E-state index >= 15 is 0 Å². The van der Waals surface area contributed by atoms with Gasteiger partial charge in [0.25, 0.3) is 0 Å². The van der Waals surface area contributed by atoms with Gasteiger partial charge >= 0.3 is 0 Å². The fourth-order valence-electron chi connectivity index (χ4n) is 3.66. The maximum atomic E-state index is 13.3. The molecule has 168 valence electrons. The number of morpholine rings is 1. The Morgan fingerprint density at radius 3 is 2.35 bits per heavy atom. The predicted octanol–water partition coefficient (Wildman–Crippen LogP) is 2.69. The summed E-state index contributed by atoms with van der Waals surface area (Å²) in [7, 11) is 0. The van der Waals surface area contributed by atoms with Gasteiger partial charge in [-0.05, 0) is 24.6 Å². The van der Waals surface area contributed by atoms with Crippen LogP contribution in [0.15, 0.2) is 46.9 Å². The summed E-state index contributed by atoms with van der Waals surface area (Å²) < 4.78 is 11.1. The summed E-state index contributed by atoms with van der Waals surface area (Å²) in [6.07, 6.45) is 0.381. The lowest BCUT2D eigenvalue weighted by Gasteiger charge is -2.31. The van der Waals surface area contributed by atoms with E-state index < -0.39 is 0 Å². The van der Waals surface area contributed by atoms with Crippen LogP contribution in [-0.2, 0) is 27.4 Å². The normalized spacial score (nSPS) is 14.4. The highest BCUT2D eigenvalue weighted by Gasteiger charge is 2.23. The van der Waals surface area contributed by atoms with E-state index in [2.05, 4.69) is 4.90 Å². The van der Waals surface area contributed by atoms with Gasteiger partial charge in [-0.2, -0.15) is 0 Å². The number of rotatable bonds is 10. The van der Waals surface area contributed by atoms with Gasteiger partial charge in [0.05, 0.1) is 26.3 Å². The quantitative estimate of drug-likeness (QED) is 0.583. The molecule has 7 nitrogen and oxygen atoms in total. The third kappa shape index (κ3) is 7.22. The van der Waals surface area contributed by atoms with Crippen LogP contribution in [-0.4, -0.2) is 72.5 Å². The van der Waals surface area contributed by atoms with Crippen molar-refractivity contribution in [1.82, 2.24) is 14.7 Å². The fourth-order valence-corrected chi connectivity index (χ4v) is 3.66. The summed E-state index contributed by atoms with van der Waals surface area (Å²) in [5.74, 6) is 1.47. The third-order valence-electron chi connectivity index (χ3n) is 5.48. The van der Waals surface area contributed by atoms with E-state index in [0.29, 0.717) is 39.3 Å². The largest absolute Gasteiger partial charge is 0.464 e. The molecule has 0 atom stereocenters. The second-order valence-electron chi connectivity index (χ2n) is 7.87. The van der Waals surface area contributed by atoms with E-state index in [1.165, 1.54) is 0 Å². The number of benzene rings is 1. The van der Waals surface area contributed by atoms with Gasteiger partial charge in [0.1, 0.15) is 11.5 Å². The van der Waals surface area contributed by atoms with Crippen molar-refractivity contribution in [3.63, 3.8) is 0 Å². The van der Waals surface area contributed by atoms with Crippen LogP contribution >= 0.6 is 0 Å². The molecule has 1 aliphatic heterocycles. The number of carbonyl (C=O) groups excluding carboxylic acids is 2. The summed E-state index contributed by atoms with van der Waals surface area (Å²) >= 11 is 0. The molecule has 0 radical (unpaired) electrons. The maximum absolute atomic E-state index is 13.3. The lowest BCUT2D eigenvalue weighted by atomic mass is 10.2. The lowest BCUT2D eigenvalue weighted by Crippen LogP contribution is -2.46. The Morgan fingerprint density at radius 1 is 0.968 bits per heavy atom. The van der Waals surface area contributed by atoms with Gasteiger partial charge in [-0.25, -0.2) is 0 Å². The molecule has 0 bridgehead atoms. The summed E-state index contributed by atoms with van der Waals surface area (Å²) in [6, 6.07) is 13.7. The minimum atomic E-state index is -0.0818. The molecule has 2 heterocycles. The second-order valence-corrected chi connectivity index (χ2v) is 7.87. The molecule has 0 aliphatic carbocycles. The van der Waals surface area contributed by atoms with E-state index in [4.69, 9.17) is 9.15 Å². The zero-order valence-electron chi connectivity index (χ0n) is 18.6. The van der Waals surface area contributed by atoms with Gasteiger partial charge in [-0.3, -0.25) is 14.5 Å². The van der Waals surface area contributed by atoms with Gasteiger partial charge in [0.2, 0.25) is 11.8 Å². The third-order valence-corrected chi connectivity index (χ3v) is 5.48. The highest BCUT2D eigenvalue weighted by Crippen LogP contribution is 2.14. The van der Waals surface area contributed by atoms with Crippen molar-refractivity contribution in [2.45, 2.75) is 33.4 Å². The Bertz CT molecular complexity index is 830. The van der Waals surface area contributed by atoms with Crippen LogP contribution in [0.5, 0.6) is 0 Å². The highest BCUT2D eigenvalue weighted by atomic mass is 16.5. The molecule has 2 aromatic rings. The van der Waals surface area contributed by atoms with Crippen molar-refractivity contribution < 1.29 is 18.7 Å². The Hall–Kier alpha value is -2.64. The molecule has 0 spiro atoms. The molecule has 1 saturated heterocycles. The van der Waals surface area contributed by atoms with Gasteiger partial charge in [-0.15, -0.1) is 0 Å². The number of furan rings is 1. The van der Waals surface area contributed by atoms with E-state index in [1.54, 1.807) is 9.80 Å². The first-order valence-corrected chi connectivity index (χ1v) is 11.0. The van der Waals surface area contributed by atoms with Gasteiger partial charge in [0.15, 0.2) is 0 Å². The van der Waals surface area contributed by atoms with Crippen LogP contribution in [0.1, 0.15) is 30.4 Å². The Morgan fingerprint density at radius 2 is 1.71 bits per heavy atom. The summed E-state index contributed by atoms with van der Waals surface area (Å²) in [5.41, 5.74) is 1.04. The van der Waals surface area contributed by atoms with Crippen LogP contribution in [0.2, 0.25) is 0 Å². The first-order chi connectivity index (χ1) is 15.0. The molecule has 3 rings (SSSR count). The maximum Gasteiger partial charge on any atom is 0.242 e. The summed E-state index contributed by atoms with van der Waals surface area (Å²) in [4.78, 5) is 31.6. The van der Waals surface area contributed by atoms with Gasteiger partial charge < -0.3 is 19.0 Å². The number of hydrogen-bond donors (Lipinski definition) is 0. The smallest absolute Gasteiger partial charge is 0.242 e. The van der Waals surface area contributed by atoms with Gasteiger partial charge in [-0.1, -0.05) is 37.3 Å². The van der Waals surface area contributed by atoms with Crippen LogP contribution < -0.4 is 0 Å². The van der Waals surface area contributed by atoms with Crippen LogP contribution in [0.3, 0.4) is 0 Å².